The molecule has 0 aromatic carbocycles. The zero-order valence-corrected chi connectivity index (χ0v) is 9.44. The van der Waals surface area contributed by atoms with Crippen LogP contribution in [0.3, 0.4) is 0 Å². The molecule has 1 aromatic rings. The van der Waals surface area contributed by atoms with Gasteiger partial charge < -0.3 is 5.32 Å². The number of nitrogens with one attached hydrogen (secondary N) is 1. The van der Waals surface area contributed by atoms with Crippen molar-refractivity contribution in [1.82, 2.24) is 9.36 Å². The smallest absolute Gasteiger partial charge is 0.202 e. The molecule has 1 saturated carbocycles. The average molecular weight is 211 g/mol. The highest BCUT2D eigenvalue weighted by Gasteiger charge is 2.19. The third-order valence-corrected chi connectivity index (χ3v) is 3.43. The van der Waals surface area contributed by atoms with Crippen molar-refractivity contribution in [2.75, 3.05) is 11.9 Å². The first-order chi connectivity index (χ1) is 6.90. The number of aromatic nitrogens is 2. The fourth-order valence-electron chi connectivity index (χ4n) is 1.98. The SMILES string of the molecule is CCNc1nc(C2CCCCC2)ns1. The second-order valence-electron chi connectivity index (χ2n) is 3.82. The van der Waals surface area contributed by atoms with Gasteiger partial charge in [-0.3, -0.25) is 0 Å². The van der Waals surface area contributed by atoms with Crippen LogP contribution in [-0.2, 0) is 0 Å². The molecule has 1 aliphatic rings. The topological polar surface area (TPSA) is 37.8 Å². The lowest BCUT2D eigenvalue weighted by atomic mass is 9.89. The molecule has 0 bridgehead atoms. The molecule has 0 unspecified atom stereocenters. The van der Waals surface area contributed by atoms with Crippen LogP contribution in [0.25, 0.3) is 0 Å². The molecule has 1 fully saturated rings. The summed E-state index contributed by atoms with van der Waals surface area (Å²) in [7, 11) is 0. The first kappa shape index (κ1) is 9.90. The van der Waals surface area contributed by atoms with Crippen LogP contribution in [0.15, 0.2) is 0 Å². The fourth-order valence-corrected chi connectivity index (χ4v) is 2.70. The number of anilines is 1. The molecule has 78 valence electrons. The summed E-state index contributed by atoms with van der Waals surface area (Å²) in [6, 6.07) is 0. The molecule has 0 amide bonds. The van der Waals surface area contributed by atoms with Gasteiger partial charge in [-0.05, 0) is 19.8 Å². The summed E-state index contributed by atoms with van der Waals surface area (Å²) in [6.45, 7) is 3.01. The van der Waals surface area contributed by atoms with Crippen molar-refractivity contribution in [3.05, 3.63) is 5.82 Å². The molecule has 2 rings (SSSR count). The van der Waals surface area contributed by atoms with Crippen LogP contribution < -0.4 is 5.32 Å². The van der Waals surface area contributed by atoms with E-state index in [1.807, 2.05) is 0 Å². The Morgan fingerprint density at radius 3 is 2.86 bits per heavy atom. The maximum atomic E-state index is 4.52. The van der Waals surface area contributed by atoms with E-state index in [0.717, 1.165) is 17.5 Å². The molecule has 14 heavy (non-hydrogen) atoms. The van der Waals surface area contributed by atoms with Crippen molar-refractivity contribution in [1.29, 1.82) is 0 Å². The molecular formula is C10H17N3S. The predicted octanol–water partition coefficient (Wildman–Crippen LogP) is 3.02. The molecule has 1 heterocycles. The van der Waals surface area contributed by atoms with Gasteiger partial charge in [-0.25, -0.2) is 4.98 Å². The summed E-state index contributed by atoms with van der Waals surface area (Å²) in [6.07, 6.45) is 6.64. The van der Waals surface area contributed by atoms with Gasteiger partial charge in [0, 0.05) is 24.0 Å². The predicted molar refractivity (Wildman–Crippen MR) is 59.9 cm³/mol. The number of hydrogen-bond acceptors (Lipinski definition) is 4. The van der Waals surface area contributed by atoms with Gasteiger partial charge in [-0.1, -0.05) is 19.3 Å². The highest BCUT2D eigenvalue weighted by molar-refractivity contribution is 7.09. The maximum Gasteiger partial charge on any atom is 0.202 e. The van der Waals surface area contributed by atoms with Crippen LogP contribution >= 0.6 is 11.5 Å². The number of rotatable bonds is 3. The largest absolute Gasteiger partial charge is 0.361 e. The van der Waals surface area contributed by atoms with Crippen molar-refractivity contribution in [2.24, 2.45) is 0 Å². The van der Waals surface area contributed by atoms with Gasteiger partial charge in [0.2, 0.25) is 5.13 Å². The average Bonchev–Trinajstić information content (AvgIpc) is 2.68. The Bertz CT molecular complexity index is 279. The lowest BCUT2D eigenvalue weighted by Crippen LogP contribution is -2.06. The molecule has 3 nitrogen and oxygen atoms in total. The van der Waals surface area contributed by atoms with Gasteiger partial charge in [0.05, 0.1) is 0 Å². The highest BCUT2D eigenvalue weighted by atomic mass is 32.1. The highest BCUT2D eigenvalue weighted by Crippen LogP contribution is 2.32. The number of nitrogens with zero attached hydrogens (tertiary/aromatic N) is 2. The second kappa shape index (κ2) is 4.73. The minimum absolute atomic E-state index is 0.632. The van der Waals surface area contributed by atoms with E-state index < -0.39 is 0 Å². The van der Waals surface area contributed by atoms with Crippen LogP contribution in [0, 0.1) is 0 Å². The third kappa shape index (κ3) is 2.23. The Balaban J connectivity index is 2.00. The zero-order valence-electron chi connectivity index (χ0n) is 8.62. The molecule has 0 spiro atoms. The second-order valence-corrected chi connectivity index (χ2v) is 4.57. The molecular weight excluding hydrogens is 194 g/mol. The van der Waals surface area contributed by atoms with Gasteiger partial charge >= 0.3 is 0 Å². The summed E-state index contributed by atoms with van der Waals surface area (Å²) in [5.41, 5.74) is 0. The Hall–Kier alpha value is -0.640. The molecule has 0 aliphatic heterocycles. The quantitative estimate of drug-likeness (QED) is 0.835. The van der Waals surface area contributed by atoms with E-state index in [1.165, 1.54) is 43.6 Å². The van der Waals surface area contributed by atoms with Crippen molar-refractivity contribution in [2.45, 2.75) is 44.9 Å². The van der Waals surface area contributed by atoms with Gasteiger partial charge in [-0.2, -0.15) is 4.37 Å². The summed E-state index contributed by atoms with van der Waals surface area (Å²) in [5.74, 6) is 1.71. The van der Waals surface area contributed by atoms with E-state index in [1.54, 1.807) is 0 Å². The Morgan fingerprint density at radius 1 is 1.36 bits per heavy atom. The molecule has 0 saturated heterocycles. The van der Waals surface area contributed by atoms with Gasteiger partial charge in [-0.15, -0.1) is 0 Å². The molecule has 4 heteroatoms. The van der Waals surface area contributed by atoms with E-state index in [2.05, 4.69) is 21.6 Å². The summed E-state index contributed by atoms with van der Waals surface area (Å²) in [4.78, 5) is 4.52. The Labute approximate surface area is 89.1 Å². The molecule has 1 aliphatic carbocycles. The van der Waals surface area contributed by atoms with Gasteiger partial charge in [0.1, 0.15) is 5.82 Å². The normalized spacial score (nSPS) is 18.4. The van der Waals surface area contributed by atoms with Crippen molar-refractivity contribution in [3.8, 4) is 0 Å². The van der Waals surface area contributed by atoms with Gasteiger partial charge in [0.25, 0.3) is 0 Å². The van der Waals surface area contributed by atoms with Crippen molar-refractivity contribution in [3.63, 3.8) is 0 Å². The zero-order chi connectivity index (χ0) is 9.80. The first-order valence-corrected chi connectivity index (χ1v) is 6.25. The van der Waals surface area contributed by atoms with E-state index in [4.69, 9.17) is 0 Å². The lowest BCUT2D eigenvalue weighted by Gasteiger charge is -2.18. The van der Waals surface area contributed by atoms with Crippen LogP contribution in [0.2, 0.25) is 0 Å². The standard InChI is InChI=1S/C10H17N3S/c1-2-11-10-12-9(13-14-10)8-6-4-3-5-7-8/h8H,2-7H2,1H3,(H,11,12,13). The fraction of sp³-hybridized carbons (Fsp3) is 0.800. The molecule has 0 atom stereocenters. The molecule has 1 aromatic heterocycles. The maximum absolute atomic E-state index is 4.52. The Morgan fingerprint density at radius 2 is 2.14 bits per heavy atom. The number of hydrogen-bond donors (Lipinski definition) is 1. The third-order valence-electron chi connectivity index (χ3n) is 2.74. The summed E-state index contributed by atoms with van der Waals surface area (Å²) in [5, 5.41) is 4.19. The van der Waals surface area contributed by atoms with Gasteiger partial charge in [0.15, 0.2) is 0 Å². The van der Waals surface area contributed by atoms with Crippen LogP contribution in [-0.4, -0.2) is 15.9 Å². The van der Waals surface area contributed by atoms with Crippen LogP contribution in [0.4, 0.5) is 5.13 Å². The summed E-state index contributed by atoms with van der Waals surface area (Å²) >= 11 is 1.50. The van der Waals surface area contributed by atoms with E-state index in [9.17, 15) is 0 Å². The van der Waals surface area contributed by atoms with Crippen LogP contribution in [0.1, 0.15) is 50.8 Å². The van der Waals surface area contributed by atoms with Crippen molar-refractivity contribution >= 4 is 16.7 Å². The van der Waals surface area contributed by atoms with Crippen molar-refractivity contribution < 1.29 is 0 Å². The summed E-state index contributed by atoms with van der Waals surface area (Å²) < 4.78 is 4.43. The Kier molecular flexibility index (Phi) is 3.35. The first-order valence-electron chi connectivity index (χ1n) is 5.47. The van der Waals surface area contributed by atoms with Crippen LogP contribution in [0.5, 0.6) is 0 Å². The minimum Gasteiger partial charge on any atom is -0.361 e. The van der Waals surface area contributed by atoms with E-state index in [-0.39, 0.29) is 0 Å². The van der Waals surface area contributed by atoms with E-state index in [0.29, 0.717) is 5.92 Å². The monoisotopic (exact) mass is 211 g/mol. The lowest BCUT2D eigenvalue weighted by molar-refractivity contribution is 0.432. The minimum atomic E-state index is 0.632. The molecule has 1 N–H and O–H groups in total. The molecule has 0 radical (unpaired) electrons. The van der Waals surface area contributed by atoms with E-state index >= 15 is 0 Å².